The van der Waals surface area contributed by atoms with Crippen LogP contribution in [-0.4, -0.2) is 0 Å². The minimum Gasteiger partial charge on any atom is -0.456 e. The Hall–Kier alpha value is -6.37. The number of nitrogens with zero attached hydrogens (tertiary/aromatic N) is 1. The quantitative estimate of drug-likeness (QED) is 0.206. The van der Waals surface area contributed by atoms with Gasteiger partial charge in [0.2, 0.25) is 0 Å². The summed E-state index contributed by atoms with van der Waals surface area (Å²) in [4.78, 5) is 0. The number of hydrogen-bond donors (Lipinski definition) is 0. The van der Waals surface area contributed by atoms with Gasteiger partial charge in [0, 0.05) is 21.5 Å². The zero-order valence-corrected chi connectivity index (χ0v) is 24.7. The van der Waals surface area contributed by atoms with Crippen LogP contribution in [0.2, 0.25) is 0 Å². The van der Waals surface area contributed by atoms with Crippen molar-refractivity contribution in [2.24, 2.45) is 0 Å². The largest absolute Gasteiger partial charge is 0.456 e. The summed E-state index contributed by atoms with van der Waals surface area (Å²) in [5.74, 6) is 0. The summed E-state index contributed by atoms with van der Waals surface area (Å²) in [7, 11) is 0. The van der Waals surface area contributed by atoms with Gasteiger partial charge in [0.05, 0.1) is 11.6 Å². The molecule has 0 spiro atoms. The first-order valence-electron chi connectivity index (χ1n) is 15.3. The monoisotopic (exact) mass is 587 g/mol. The van der Waals surface area contributed by atoms with Gasteiger partial charge in [-0.15, -0.1) is 0 Å². The number of fused-ring (bicyclic) bond motifs is 6. The highest BCUT2D eigenvalue weighted by Crippen LogP contribution is 2.39. The topological polar surface area (TPSA) is 50.1 Å². The van der Waals surface area contributed by atoms with E-state index in [1.807, 2.05) is 48.5 Å². The molecule has 0 amide bonds. The Kier molecular flexibility index (Phi) is 5.88. The minimum absolute atomic E-state index is 0.670. The van der Waals surface area contributed by atoms with Gasteiger partial charge < -0.3 is 8.83 Å². The molecule has 9 rings (SSSR count). The molecule has 2 heterocycles. The van der Waals surface area contributed by atoms with Gasteiger partial charge in [0.1, 0.15) is 22.3 Å². The maximum Gasteiger partial charge on any atom is 0.135 e. The SMILES string of the molecule is N#Cc1ccccc1-c1ccc(-c2cc(-c3ccc4oc5ccccc5c4c3)cc(-c3ccc4oc5ccccc5c4c3)c2)cc1. The van der Waals surface area contributed by atoms with Crippen LogP contribution in [0.4, 0.5) is 0 Å². The molecule has 214 valence electrons. The Labute approximate surface area is 265 Å². The van der Waals surface area contributed by atoms with Gasteiger partial charge in [0.25, 0.3) is 0 Å². The lowest BCUT2D eigenvalue weighted by atomic mass is 9.91. The number of furan rings is 2. The van der Waals surface area contributed by atoms with E-state index in [2.05, 4.69) is 109 Å². The van der Waals surface area contributed by atoms with Gasteiger partial charge in [-0.25, -0.2) is 0 Å². The van der Waals surface area contributed by atoms with Crippen molar-refractivity contribution in [3.63, 3.8) is 0 Å². The molecule has 0 aliphatic heterocycles. The molecular formula is C43H25NO2. The van der Waals surface area contributed by atoms with Crippen LogP contribution in [0.3, 0.4) is 0 Å². The van der Waals surface area contributed by atoms with E-state index in [1.54, 1.807) is 0 Å². The fourth-order valence-electron chi connectivity index (χ4n) is 6.61. The highest BCUT2D eigenvalue weighted by atomic mass is 16.3. The standard InChI is InChI=1S/C43H25NO2/c44-26-31-7-1-2-8-35(31)28-15-13-27(14-16-28)32-21-33(29-17-19-42-38(24-29)36-9-3-5-11-40(36)45-42)23-34(22-32)30-18-20-43-39(25-30)37-10-4-6-12-41(37)46-43/h1-25H. The normalized spacial score (nSPS) is 11.5. The fraction of sp³-hybridized carbons (Fsp3) is 0. The Morgan fingerprint density at radius 3 is 1.35 bits per heavy atom. The first-order valence-corrected chi connectivity index (χ1v) is 15.3. The van der Waals surface area contributed by atoms with Crippen molar-refractivity contribution in [3.05, 3.63) is 157 Å². The lowest BCUT2D eigenvalue weighted by Crippen LogP contribution is -1.88. The molecule has 7 aromatic carbocycles. The number of nitriles is 1. The second-order valence-electron chi connectivity index (χ2n) is 11.7. The predicted molar refractivity (Wildman–Crippen MR) is 187 cm³/mol. The summed E-state index contributed by atoms with van der Waals surface area (Å²) in [6, 6.07) is 54.6. The average molecular weight is 588 g/mol. The summed E-state index contributed by atoms with van der Waals surface area (Å²) >= 11 is 0. The van der Waals surface area contributed by atoms with Crippen LogP contribution < -0.4 is 0 Å². The number of rotatable bonds is 4. The molecule has 3 nitrogen and oxygen atoms in total. The average Bonchev–Trinajstić information content (AvgIpc) is 3.69. The van der Waals surface area contributed by atoms with Crippen molar-refractivity contribution >= 4 is 43.9 Å². The van der Waals surface area contributed by atoms with E-state index in [9.17, 15) is 5.26 Å². The summed E-state index contributed by atoms with van der Waals surface area (Å²) in [6.07, 6.45) is 0. The molecule has 9 aromatic rings. The molecule has 0 radical (unpaired) electrons. The molecule has 0 fully saturated rings. The third kappa shape index (κ3) is 4.28. The minimum atomic E-state index is 0.670. The van der Waals surface area contributed by atoms with Crippen LogP contribution in [0.5, 0.6) is 0 Å². The van der Waals surface area contributed by atoms with Crippen molar-refractivity contribution < 1.29 is 8.83 Å². The van der Waals surface area contributed by atoms with Gasteiger partial charge in [-0.05, 0) is 105 Å². The van der Waals surface area contributed by atoms with Crippen molar-refractivity contribution in [2.75, 3.05) is 0 Å². The van der Waals surface area contributed by atoms with E-state index in [4.69, 9.17) is 8.83 Å². The van der Waals surface area contributed by atoms with E-state index in [-0.39, 0.29) is 0 Å². The Morgan fingerprint density at radius 2 is 0.783 bits per heavy atom. The van der Waals surface area contributed by atoms with Gasteiger partial charge in [-0.2, -0.15) is 5.26 Å². The molecule has 46 heavy (non-hydrogen) atoms. The zero-order chi connectivity index (χ0) is 30.6. The van der Waals surface area contributed by atoms with E-state index >= 15 is 0 Å². The molecule has 0 aliphatic carbocycles. The van der Waals surface area contributed by atoms with Crippen LogP contribution in [0, 0.1) is 11.3 Å². The van der Waals surface area contributed by atoms with E-state index in [1.165, 1.54) is 0 Å². The zero-order valence-electron chi connectivity index (χ0n) is 24.7. The van der Waals surface area contributed by atoms with Crippen molar-refractivity contribution in [1.82, 2.24) is 0 Å². The maximum absolute atomic E-state index is 9.65. The first kappa shape index (κ1) is 26.1. The molecule has 0 bridgehead atoms. The molecule has 2 aromatic heterocycles. The molecule has 0 saturated carbocycles. The summed E-state index contributed by atoms with van der Waals surface area (Å²) in [5.41, 5.74) is 12.9. The molecule has 0 unspecified atom stereocenters. The second kappa shape index (κ2) is 10.4. The first-order chi connectivity index (χ1) is 22.7. The molecule has 0 aliphatic rings. The second-order valence-corrected chi connectivity index (χ2v) is 11.7. The molecule has 3 heteroatoms. The van der Waals surface area contributed by atoms with Crippen LogP contribution in [0.15, 0.2) is 160 Å². The van der Waals surface area contributed by atoms with Crippen LogP contribution in [0.1, 0.15) is 5.56 Å². The van der Waals surface area contributed by atoms with Gasteiger partial charge in [-0.1, -0.05) is 91.0 Å². The molecule has 0 saturated heterocycles. The third-order valence-corrected chi connectivity index (χ3v) is 8.93. The summed E-state index contributed by atoms with van der Waals surface area (Å²) in [5, 5.41) is 14.1. The maximum atomic E-state index is 9.65. The van der Waals surface area contributed by atoms with E-state index in [0.29, 0.717) is 5.56 Å². The Bertz CT molecular complexity index is 2520. The van der Waals surface area contributed by atoms with Crippen molar-refractivity contribution in [1.29, 1.82) is 5.26 Å². The molecule has 0 N–H and O–H groups in total. The highest BCUT2D eigenvalue weighted by Gasteiger charge is 2.14. The number of para-hydroxylation sites is 2. The van der Waals surface area contributed by atoms with Crippen LogP contribution in [0.25, 0.3) is 88.4 Å². The third-order valence-electron chi connectivity index (χ3n) is 8.93. The van der Waals surface area contributed by atoms with E-state index in [0.717, 1.165) is 88.4 Å². The van der Waals surface area contributed by atoms with Crippen molar-refractivity contribution in [3.8, 4) is 50.6 Å². The molecular weight excluding hydrogens is 562 g/mol. The van der Waals surface area contributed by atoms with E-state index < -0.39 is 0 Å². The smallest absolute Gasteiger partial charge is 0.135 e. The summed E-state index contributed by atoms with van der Waals surface area (Å²) in [6.45, 7) is 0. The van der Waals surface area contributed by atoms with Crippen LogP contribution in [-0.2, 0) is 0 Å². The van der Waals surface area contributed by atoms with Gasteiger partial charge in [0.15, 0.2) is 0 Å². The number of benzene rings is 7. The van der Waals surface area contributed by atoms with Crippen molar-refractivity contribution in [2.45, 2.75) is 0 Å². The Balaban J connectivity index is 1.22. The predicted octanol–water partition coefficient (Wildman–Crippen LogP) is 12.0. The van der Waals surface area contributed by atoms with Crippen LogP contribution >= 0.6 is 0 Å². The fourth-order valence-corrected chi connectivity index (χ4v) is 6.61. The van der Waals surface area contributed by atoms with Gasteiger partial charge >= 0.3 is 0 Å². The Morgan fingerprint density at radius 1 is 0.348 bits per heavy atom. The lowest BCUT2D eigenvalue weighted by molar-refractivity contribution is 0.668. The highest BCUT2D eigenvalue weighted by molar-refractivity contribution is 6.07. The van der Waals surface area contributed by atoms with Gasteiger partial charge in [-0.3, -0.25) is 0 Å². The molecule has 0 atom stereocenters. The summed E-state index contributed by atoms with van der Waals surface area (Å²) < 4.78 is 12.3. The number of hydrogen-bond acceptors (Lipinski definition) is 3. The lowest BCUT2D eigenvalue weighted by Gasteiger charge is -2.12.